The van der Waals surface area contributed by atoms with Crippen molar-refractivity contribution in [3.8, 4) is 16.9 Å². The third kappa shape index (κ3) is 5.53. The molecule has 34 heavy (non-hydrogen) atoms. The van der Waals surface area contributed by atoms with E-state index in [4.69, 9.17) is 4.74 Å². The normalized spacial score (nSPS) is 25.6. The summed E-state index contributed by atoms with van der Waals surface area (Å²) in [5, 5.41) is 0. The van der Waals surface area contributed by atoms with Gasteiger partial charge in [0.05, 0.1) is 6.26 Å². The van der Waals surface area contributed by atoms with Crippen molar-refractivity contribution in [1.29, 1.82) is 0 Å². The van der Waals surface area contributed by atoms with Gasteiger partial charge in [-0.3, -0.25) is 0 Å². The lowest BCUT2D eigenvalue weighted by Gasteiger charge is -2.38. The molecule has 4 heteroatoms. The fourth-order valence-corrected chi connectivity index (χ4v) is 6.27. The molecule has 0 bridgehead atoms. The second-order valence-corrected chi connectivity index (χ2v) is 10.2. The average Bonchev–Trinajstić information content (AvgIpc) is 2.86. The number of hydrogen-bond donors (Lipinski definition) is 0. The summed E-state index contributed by atoms with van der Waals surface area (Å²) in [6.07, 6.45) is 15.4. The Hall–Kier alpha value is -2.23. The van der Waals surface area contributed by atoms with E-state index in [0.717, 1.165) is 30.6 Å². The molecule has 0 unspecified atom stereocenters. The molecule has 2 aliphatic carbocycles. The third-order valence-electron chi connectivity index (χ3n) is 8.16. The molecule has 0 spiro atoms. The Balaban J connectivity index is 1.39. The third-order valence-corrected chi connectivity index (χ3v) is 8.16. The van der Waals surface area contributed by atoms with Crippen molar-refractivity contribution in [1.82, 2.24) is 0 Å². The molecule has 2 aliphatic rings. The van der Waals surface area contributed by atoms with Gasteiger partial charge in [0.2, 0.25) is 5.82 Å². The van der Waals surface area contributed by atoms with Gasteiger partial charge in [-0.2, -0.15) is 4.39 Å². The van der Waals surface area contributed by atoms with Crippen LogP contribution in [-0.2, 0) is 0 Å². The highest BCUT2D eigenvalue weighted by atomic mass is 19.2. The molecule has 0 amide bonds. The second-order valence-electron chi connectivity index (χ2n) is 10.2. The van der Waals surface area contributed by atoms with Crippen LogP contribution in [0.1, 0.15) is 89.5 Å². The molecule has 2 aromatic carbocycles. The molecule has 0 aliphatic heterocycles. The number of halogens is 3. The fourth-order valence-electron chi connectivity index (χ4n) is 6.27. The summed E-state index contributed by atoms with van der Waals surface area (Å²) >= 11 is 0. The highest BCUT2D eigenvalue weighted by Gasteiger charge is 2.32. The van der Waals surface area contributed by atoms with Crippen molar-refractivity contribution >= 4 is 0 Å². The van der Waals surface area contributed by atoms with Gasteiger partial charge in [-0.15, -0.1) is 0 Å². The van der Waals surface area contributed by atoms with E-state index in [9.17, 15) is 8.78 Å². The van der Waals surface area contributed by atoms with Crippen LogP contribution in [0.3, 0.4) is 0 Å². The molecule has 1 nitrogen and oxygen atoms in total. The van der Waals surface area contributed by atoms with Gasteiger partial charge in [-0.05, 0) is 98.4 Å². The molecule has 0 atom stereocenters. The van der Waals surface area contributed by atoms with E-state index in [-0.39, 0.29) is 23.0 Å². The van der Waals surface area contributed by atoms with E-state index in [1.54, 1.807) is 25.1 Å². The standard InChI is InChI=1S/C30H37F3O/c1-3-5-20-6-8-21(9-7-20)22-10-12-23(13-11-22)25-15-14-24(19-27(25)31)26-16-17-28(34-18-4-2)30(33)29(26)32/h4,14-23H,3,5-13H2,1-2H3/b18-4+. The number of hydrogen-bond acceptors (Lipinski definition) is 1. The van der Waals surface area contributed by atoms with Crippen LogP contribution in [0.4, 0.5) is 13.2 Å². The average molecular weight is 471 g/mol. The van der Waals surface area contributed by atoms with Crippen molar-refractivity contribution in [3.05, 3.63) is 65.7 Å². The topological polar surface area (TPSA) is 9.23 Å². The Bertz CT molecular complexity index is 983. The Labute approximate surface area is 202 Å². The van der Waals surface area contributed by atoms with Crippen molar-refractivity contribution in [3.63, 3.8) is 0 Å². The summed E-state index contributed by atoms with van der Waals surface area (Å²) in [5.41, 5.74) is 1.09. The molecule has 184 valence electrons. The lowest BCUT2D eigenvalue weighted by atomic mass is 9.68. The Morgan fingerprint density at radius 3 is 2.15 bits per heavy atom. The summed E-state index contributed by atoms with van der Waals surface area (Å²) in [6.45, 7) is 4.00. The summed E-state index contributed by atoms with van der Waals surface area (Å²) < 4.78 is 49.2. The smallest absolute Gasteiger partial charge is 0.201 e. The zero-order valence-electron chi connectivity index (χ0n) is 20.5. The highest BCUT2D eigenvalue weighted by Crippen LogP contribution is 2.45. The fraction of sp³-hybridized carbons (Fsp3) is 0.533. The number of ether oxygens (including phenoxy) is 1. The van der Waals surface area contributed by atoms with Crippen molar-refractivity contribution in [2.75, 3.05) is 0 Å². The molecular formula is C30H37F3O. The first-order valence-corrected chi connectivity index (χ1v) is 13.1. The summed E-state index contributed by atoms with van der Waals surface area (Å²) in [5.74, 6) is 0.161. The lowest BCUT2D eigenvalue weighted by molar-refractivity contribution is 0.156. The van der Waals surface area contributed by atoms with Crippen LogP contribution >= 0.6 is 0 Å². The molecule has 2 saturated carbocycles. The van der Waals surface area contributed by atoms with Crippen LogP contribution in [0.5, 0.6) is 5.75 Å². The molecule has 4 rings (SSSR count). The van der Waals surface area contributed by atoms with Crippen LogP contribution < -0.4 is 4.74 Å². The van der Waals surface area contributed by atoms with E-state index in [1.165, 1.54) is 75.8 Å². The monoisotopic (exact) mass is 470 g/mol. The van der Waals surface area contributed by atoms with Crippen molar-refractivity contribution < 1.29 is 17.9 Å². The van der Waals surface area contributed by atoms with Gasteiger partial charge in [-0.25, -0.2) is 8.78 Å². The molecular weight excluding hydrogens is 433 g/mol. The van der Waals surface area contributed by atoms with Gasteiger partial charge in [0, 0.05) is 5.56 Å². The van der Waals surface area contributed by atoms with Crippen LogP contribution in [0.25, 0.3) is 11.1 Å². The Morgan fingerprint density at radius 1 is 0.853 bits per heavy atom. The van der Waals surface area contributed by atoms with Crippen LogP contribution in [0, 0.1) is 35.2 Å². The number of rotatable bonds is 7. The SMILES string of the molecule is C/C=C/Oc1ccc(-c2ccc(C3CCC(C4CCC(CCC)CC4)CC3)c(F)c2)c(F)c1F. The molecule has 2 aromatic rings. The van der Waals surface area contributed by atoms with Crippen LogP contribution in [0.15, 0.2) is 42.7 Å². The van der Waals surface area contributed by atoms with E-state index in [1.807, 2.05) is 0 Å². The van der Waals surface area contributed by atoms with Gasteiger partial charge < -0.3 is 4.74 Å². The first kappa shape index (κ1) is 24.9. The second kappa shape index (κ2) is 11.5. The van der Waals surface area contributed by atoms with Gasteiger partial charge >= 0.3 is 0 Å². The summed E-state index contributed by atoms with van der Waals surface area (Å²) in [7, 11) is 0. The minimum Gasteiger partial charge on any atom is -0.462 e. The summed E-state index contributed by atoms with van der Waals surface area (Å²) in [6, 6.07) is 7.64. The lowest BCUT2D eigenvalue weighted by Crippen LogP contribution is -2.25. The minimum atomic E-state index is -1.07. The first-order chi connectivity index (χ1) is 16.5. The molecule has 0 radical (unpaired) electrons. The zero-order valence-corrected chi connectivity index (χ0v) is 20.5. The predicted molar refractivity (Wildman–Crippen MR) is 132 cm³/mol. The maximum atomic E-state index is 15.1. The van der Waals surface area contributed by atoms with E-state index in [0.29, 0.717) is 11.1 Å². The Kier molecular flexibility index (Phi) is 8.39. The first-order valence-electron chi connectivity index (χ1n) is 13.1. The van der Waals surface area contributed by atoms with E-state index >= 15 is 4.39 Å². The van der Waals surface area contributed by atoms with Gasteiger partial charge in [-0.1, -0.05) is 50.8 Å². The maximum Gasteiger partial charge on any atom is 0.201 e. The van der Waals surface area contributed by atoms with E-state index < -0.39 is 11.6 Å². The van der Waals surface area contributed by atoms with Gasteiger partial charge in [0.25, 0.3) is 0 Å². The van der Waals surface area contributed by atoms with Crippen LogP contribution in [-0.4, -0.2) is 0 Å². The van der Waals surface area contributed by atoms with Gasteiger partial charge in [0.1, 0.15) is 5.82 Å². The zero-order chi connectivity index (χ0) is 24.1. The minimum absolute atomic E-state index is 0.0400. The maximum absolute atomic E-state index is 15.1. The summed E-state index contributed by atoms with van der Waals surface area (Å²) in [4.78, 5) is 0. The van der Waals surface area contributed by atoms with Crippen LogP contribution in [0.2, 0.25) is 0 Å². The molecule has 0 aromatic heterocycles. The van der Waals surface area contributed by atoms with Gasteiger partial charge in [0.15, 0.2) is 11.6 Å². The highest BCUT2D eigenvalue weighted by molar-refractivity contribution is 5.66. The predicted octanol–water partition coefficient (Wildman–Crippen LogP) is 9.56. The molecule has 2 fully saturated rings. The number of benzene rings is 2. The van der Waals surface area contributed by atoms with Crippen molar-refractivity contribution in [2.45, 2.75) is 84.0 Å². The molecule has 0 saturated heterocycles. The molecule has 0 N–H and O–H groups in total. The quantitative estimate of drug-likeness (QED) is 0.366. The van der Waals surface area contributed by atoms with E-state index in [2.05, 4.69) is 6.92 Å². The largest absolute Gasteiger partial charge is 0.462 e. The molecule has 0 heterocycles. The number of allylic oxidation sites excluding steroid dienone is 1. The Morgan fingerprint density at radius 2 is 1.53 bits per heavy atom. The van der Waals surface area contributed by atoms with Crippen molar-refractivity contribution in [2.24, 2.45) is 17.8 Å².